The van der Waals surface area contributed by atoms with Crippen molar-refractivity contribution in [2.45, 2.75) is 27.2 Å². The average Bonchev–Trinajstić information content (AvgIpc) is 2.15. The largest absolute Gasteiger partial charge is 0.465 e. The van der Waals surface area contributed by atoms with Crippen LogP contribution in [0.1, 0.15) is 27.2 Å². The number of carbonyl (C=O) groups excluding carboxylic acids is 3. The van der Waals surface area contributed by atoms with Gasteiger partial charge in [0, 0.05) is 0 Å². The van der Waals surface area contributed by atoms with Gasteiger partial charge in [-0.05, 0) is 20.3 Å². The second kappa shape index (κ2) is 4.74. The Kier molecular flexibility index (Phi) is 4.31. The Morgan fingerprint density at radius 3 is 2.23 bits per heavy atom. The highest BCUT2D eigenvalue weighted by Crippen LogP contribution is 2.23. The molecule has 1 atom stereocenters. The van der Waals surface area contributed by atoms with Crippen LogP contribution in [0.5, 0.6) is 0 Å². The van der Waals surface area contributed by atoms with E-state index in [1.807, 2.05) is 0 Å². The lowest BCUT2D eigenvalue weighted by molar-refractivity contribution is -0.160. The smallest absolute Gasteiger partial charge is 0.319 e. The minimum atomic E-state index is -1.31. The number of hydrogen-bond acceptors (Lipinski definition) is 4. The number of hydrogen-bond donors (Lipinski definition) is 0. The Balaban J connectivity index is 4.71. The molecular formula is C9H14O4. The number of aldehydes is 1. The van der Waals surface area contributed by atoms with Crippen LogP contribution in [0, 0.1) is 5.41 Å². The fourth-order valence-electron chi connectivity index (χ4n) is 0.840. The van der Waals surface area contributed by atoms with Crippen LogP contribution in [-0.4, -0.2) is 24.6 Å². The summed E-state index contributed by atoms with van der Waals surface area (Å²) in [6, 6.07) is 0. The topological polar surface area (TPSA) is 60.4 Å². The van der Waals surface area contributed by atoms with E-state index in [0.29, 0.717) is 0 Å². The number of ether oxygens (including phenoxy) is 1. The molecule has 0 aromatic heterocycles. The third-order valence-electron chi connectivity index (χ3n) is 2.08. The second-order valence-electron chi connectivity index (χ2n) is 2.89. The highest BCUT2D eigenvalue weighted by Gasteiger charge is 2.40. The predicted octanol–water partition coefficient (Wildman–Crippen LogP) is 0.734. The molecule has 0 aliphatic rings. The van der Waals surface area contributed by atoms with Gasteiger partial charge in [0.15, 0.2) is 6.29 Å². The van der Waals surface area contributed by atoms with Gasteiger partial charge in [-0.25, -0.2) is 0 Å². The van der Waals surface area contributed by atoms with Gasteiger partial charge in [-0.2, -0.15) is 0 Å². The normalized spacial score (nSPS) is 14.4. The van der Waals surface area contributed by atoms with E-state index < -0.39 is 17.2 Å². The van der Waals surface area contributed by atoms with Crippen LogP contribution >= 0.6 is 0 Å². The highest BCUT2D eigenvalue weighted by molar-refractivity contribution is 6.32. The molecule has 0 spiro atoms. The second-order valence-corrected chi connectivity index (χ2v) is 2.89. The number of ketones is 1. The molecule has 0 N–H and O–H groups in total. The van der Waals surface area contributed by atoms with Crippen LogP contribution in [0.25, 0.3) is 0 Å². The van der Waals surface area contributed by atoms with Crippen molar-refractivity contribution in [3.05, 3.63) is 0 Å². The van der Waals surface area contributed by atoms with E-state index in [9.17, 15) is 14.4 Å². The molecule has 0 aromatic rings. The molecule has 74 valence electrons. The summed E-state index contributed by atoms with van der Waals surface area (Å²) in [5.74, 6) is -1.36. The lowest BCUT2D eigenvalue weighted by Gasteiger charge is -2.21. The first kappa shape index (κ1) is 11.8. The molecule has 0 saturated carbocycles. The standard InChI is InChI=1S/C9H14O4/c1-4-9(3,7(11)6-10)8(12)13-5-2/h6H,4-5H2,1-3H3. The summed E-state index contributed by atoms with van der Waals surface area (Å²) >= 11 is 0. The number of rotatable bonds is 5. The molecule has 4 heteroatoms. The summed E-state index contributed by atoms with van der Waals surface area (Å²) in [7, 11) is 0. The lowest BCUT2D eigenvalue weighted by Crippen LogP contribution is -2.38. The summed E-state index contributed by atoms with van der Waals surface area (Å²) in [6.07, 6.45) is 0.434. The summed E-state index contributed by atoms with van der Waals surface area (Å²) in [5.41, 5.74) is -1.31. The van der Waals surface area contributed by atoms with E-state index in [-0.39, 0.29) is 19.3 Å². The van der Waals surface area contributed by atoms with Crippen molar-refractivity contribution in [1.29, 1.82) is 0 Å². The van der Waals surface area contributed by atoms with Crippen LogP contribution in [0.3, 0.4) is 0 Å². The van der Waals surface area contributed by atoms with Crippen LogP contribution in [0.15, 0.2) is 0 Å². The van der Waals surface area contributed by atoms with Crippen LogP contribution in [-0.2, 0) is 19.1 Å². The molecule has 0 rings (SSSR count). The first-order valence-corrected chi connectivity index (χ1v) is 4.19. The number of carbonyl (C=O) groups is 3. The molecule has 0 aliphatic heterocycles. The van der Waals surface area contributed by atoms with E-state index >= 15 is 0 Å². The Morgan fingerprint density at radius 1 is 1.38 bits per heavy atom. The summed E-state index contributed by atoms with van der Waals surface area (Å²) < 4.78 is 4.70. The fourth-order valence-corrected chi connectivity index (χ4v) is 0.840. The quantitative estimate of drug-likeness (QED) is 0.275. The molecule has 0 heterocycles. The molecule has 0 fully saturated rings. The van der Waals surface area contributed by atoms with Gasteiger partial charge in [-0.15, -0.1) is 0 Å². The highest BCUT2D eigenvalue weighted by atomic mass is 16.5. The third-order valence-corrected chi connectivity index (χ3v) is 2.08. The molecule has 0 radical (unpaired) electrons. The van der Waals surface area contributed by atoms with E-state index in [4.69, 9.17) is 4.74 Å². The molecular weight excluding hydrogens is 172 g/mol. The maximum atomic E-state index is 11.3. The first-order chi connectivity index (χ1) is 6.02. The zero-order valence-electron chi connectivity index (χ0n) is 8.12. The van der Waals surface area contributed by atoms with Crippen molar-refractivity contribution < 1.29 is 19.1 Å². The fraction of sp³-hybridized carbons (Fsp3) is 0.667. The third kappa shape index (κ3) is 2.37. The molecule has 0 aromatic carbocycles. The SMILES string of the molecule is CCOC(=O)C(C)(CC)C(=O)C=O. The van der Waals surface area contributed by atoms with Crippen molar-refractivity contribution in [1.82, 2.24) is 0 Å². The van der Waals surface area contributed by atoms with Gasteiger partial charge in [-0.1, -0.05) is 6.92 Å². The average molecular weight is 186 g/mol. The van der Waals surface area contributed by atoms with Gasteiger partial charge in [-0.3, -0.25) is 14.4 Å². The van der Waals surface area contributed by atoms with Gasteiger partial charge in [0.1, 0.15) is 5.41 Å². The predicted molar refractivity (Wildman–Crippen MR) is 46.1 cm³/mol. The maximum Gasteiger partial charge on any atom is 0.319 e. The van der Waals surface area contributed by atoms with Gasteiger partial charge in [0.25, 0.3) is 0 Å². The zero-order valence-corrected chi connectivity index (χ0v) is 8.12. The van der Waals surface area contributed by atoms with Crippen molar-refractivity contribution in [3.63, 3.8) is 0 Å². The summed E-state index contributed by atoms with van der Waals surface area (Å²) in [5, 5.41) is 0. The molecule has 0 bridgehead atoms. The van der Waals surface area contributed by atoms with Crippen LogP contribution in [0.4, 0.5) is 0 Å². The Labute approximate surface area is 77.3 Å². The van der Waals surface area contributed by atoms with Gasteiger partial charge >= 0.3 is 5.97 Å². The minimum absolute atomic E-state index is 0.167. The number of Topliss-reactive ketones (excluding diaryl/α,β-unsaturated/α-hetero) is 1. The van der Waals surface area contributed by atoms with E-state index in [0.717, 1.165) is 0 Å². The van der Waals surface area contributed by atoms with Crippen LogP contribution < -0.4 is 0 Å². The van der Waals surface area contributed by atoms with E-state index in [1.165, 1.54) is 6.92 Å². The molecule has 0 saturated heterocycles. The van der Waals surface area contributed by atoms with Gasteiger partial charge in [0.05, 0.1) is 6.61 Å². The monoisotopic (exact) mass is 186 g/mol. The van der Waals surface area contributed by atoms with Gasteiger partial charge in [0.2, 0.25) is 5.78 Å². The molecule has 13 heavy (non-hydrogen) atoms. The van der Waals surface area contributed by atoms with Crippen molar-refractivity contribution >= 4 is 18.0 Å². The molecule has 4 nitrogen and oxygen atoms in total. The summed E-state index contributed by atoms with van der Waals surface area (Å²) in [4.78, 5) is 32.7. The summed E-state index contributed by atoms with van der Waals surface area (Å²) in [6.45, 7) is 4.94. The van der Waals surface area contributed by atoms with Gasteiger partial charge < -0.3 is 4.74 Å². The Hall–Kier alpha value is -1.19. The molecule has 0 aliphatic carbocycles. The Bertz CT molecular complexity index is 222. The lowest BCUT2D eigenvalue weighted by atomic mass is 9.83. The first-order valence-electron chi connectivity index (χ1n) is 4.19. The molecule has 1 unspecified atom stereocenters. The minimum Gasteiger partial charge on any atom is -0.465 e. The maximum absolute atomic E-state index is 11.3. The van der Waals surface area contributed by atoms with Crippen LogP contribution in [0.2, 0.25) is 0 Å². The van der Waals surface area contributed by atoms with Crippen molar-refractivity contribution in [2.75, 3.05) is 6.61 Å². The van der Waals surface area contributed by atoms with E-state index in [2.05, 4.69) is 0 Å². The zero-order chi connectivity index (χ0) is 10.5. The van der Waals surface area contributed by atoms with E-state index in [1.54, 1.807) is 13.8 Å². The molecule has 0 amide bonds. The van der Waals surface area contributed by atoms with Crippen molar-refractivity contribution in [2.24, 2.45) is 5.41 Å². The Morgan fingerprint density at radius 2 is 1.92 bits per heavy atom. The van der Waals surface area contributed by atoms with Crippen molar-refractivity contribution in [3.8, 4) is 0 Å². The number of esters is 1.